The Morgan fingerprint density at radius 1 is 1.11 bits per heavy atom. The van der Waals surface area contributed by atoms with Crippen LogP contribution in [-0.4, -0.2) is 67.2 Å². The summed E-state index contributed by atoms with van der Waals surface area (Å²) in [6, 6.07) is 5.76. The highest BCUT2D eigenvalue weighted by Gasteiger charge is 2.31. The number of amides is 3. The molecule has 1 aliphatic carbocycles. The van der Waals surface area contributed by atoms with Crippen LogP contribution in [0.2, 0.25) is 0 Å². The average Bonchev–Trinajstić information content (AvgIpc) is 2.84. The summed E-state index contributed by atoms with van der Waals surface area (Å²) in [4.78, 5) is 40.2. The molecule has 0 aromatic heterocycles. The van der Waals surface area contributed by atoms with E-state index in [4.69, 9.17) is 4.74 Å². The van der Waals surface area contributed by atoms with E-state index in [1.807, 2.05) is 26.8 Å². The Morgan fingerprint density at radius 2 is 1.79 bits per heavy atom. The Labute approximate surface area is 225 Å². The van der Waals surface area contributed by atoms with Crippen molar-refractivity contribution >= 4 is 23.6 Å². The zero-order chi connectivity index (χ0) is 27.4. The number of rotatable bonds is 6. The third-order valence-corrected chi connectivity index (χ3v) is 8.16. The highest BCUT2D eigenvalue weighted by atomic mass is 19.1. The number of anilines is 1. The zero-order valence-electron chi connectivity index (χ0n) is 23.2. The van der Waals surface area contributed by atoms with Gasteiger partial charge in [0.25, 0.3) is 0 Å². The first-order chi connectivity index (χ1) is 18.0. The Hall–Kier alpha value is -2.68. The molecule has 1 atom stereocenters. The normalized spacial score (nSPS) is 25.3. The van der Waals surface area contributed by atoms with E-state index in [0.717, 1.165) is 58.2 Å². The summed E-state index contributed by atoms with van der Waals surface area (Å²) in [7, 11) is 2.20. The second-order valence-electron chi connectivity index (χ2n) is 12.2. The summed E-state index contributed by atoms with van der Waals surface area (Å²) in [5.74, 6) is -0.814. The third-order valence-electron chi connectivity index (χ3n) is 8.16. The minimum Gasteiger partial charge on any atom is -0.444 e. The van der Waals surface area contributed by atoms with Gasteiger partial charge in [0.2, 0.25) is 11.8 Å². The fourth-order valence-corrected chi connectivity index (χ4v) is 6.06. The van der Waals surface area contributed by atoms with Crippen molar-refractivity contribution in [3.05, 3.63) is 29.6 Å². The molecule has 4 rings (SSSR count). The number of carbonyl (C=O) groups is 3. The van der Waals surface area contributed by atoms with Gasteiger partial charge in [0.1, 0.15) is 11.4 Å². The van der Waals surface area contributed by atoms with Crippen molar-refractivity contribution in [2.24, 2.45) is 5.92 Å². The SMILES string of the molecule is CN(CC1CCN(c2ccc(C3CCC(=O)NC3=O)cc2F)CC1)[C@H]1CC[C@@H](NC(=O)OC(C)(C)C)CC1. The first-order valence-electron chi connectivity index (χ1n) is 14.1. The number of hydrogen-bond donors (Lipinski definition) is 2. The minimum atomic E-state index is -0.484. The van der Waals surface area contributed by atoms with Crippen molar-refractivity contribution in [3.63, 3.8) is 0 Å². The molecule has 1 unspecified atom stereocenters. The van der Waals surface area contributed by atoms with E-state index < -0.39 is 11.5 Å². The van der Waals surface area contributed by atoms with Gasteiger partial charge in [0.15, 0.2) is 0 Å². The standard InChI is InChI=1S/C29H43FN4O4/c1-29(2,3)38-28(37)31-21-6-8-22(9-7-21)33(4)18-19-13-15-34(16-14-19)25-11-5-20(17-24(25)30)23-10-12-26(35)32-27(23)36/h5,11,17,19,21-23H,6-10,12-16,18H2,1-4H3,(H,31,37)(H,32,35,36)/t21-,22+,23?. The summed E-state index contributed by atoms with van der Waals surface area (Å²) in [6.07, 6.45) is 6.42. The highest BCUT2D eigenvalue weighted by molar-refractivity contribution is 6.00. The van der Waals surface area contributed by atoms with E-state index in [2.05, 4.69) is 27.5 Å². The van der Waals surface area contributed by atoms with Gasteiger partial charge in [0.05, 0.1) is 11.6 Å². The number of alkyl carbamates (subject to hydrolysis) is 1. The van der Waals surface area contributed by atoms with Crippen LogP contribution in [-0.2, 0) is 14.3 Å². The van der Waals surface area contributed by atoms with Crippen LogP contribution in [0.1, 0.15) is 83.6 Å². The summed E-state index contributed by atoms with van der Waals surface area (Å²) in [6.45, 7) is 8.26. The molecule has 0 bridgehead atoms. The summed E-state index contributed by atoms with van der Waals surface area (Å²) < 4.78 is 20.4. The molecular formula is C29H43FN4O4. The molecule has 9 heteroatoms. The van der Waals surface area contributed by atoms with Crippen LogP contribution in [0, 0.1) is 11.7 Å². The number of ether oxygens (including phenoxy) is 1. The van der Waals surface area contributed by atoms with Crippen molar-refractivity contribution in [2.45, 2.75) is 95.7 Å². The van der Waals surface area contributed by atoms with Gasteiger partial charge in [-0.1, -0.05) is 6.07 Å². The third kappa shape index (κ3) is 7.46. The quantitative estimate of drug-likeness (QED) is 0.532. The Kier molecular flexibility index (Phi) is 8.96. The Bertz CT molecular complexity index is 1010. The van der Waals surface area contributed by atoms with Gasteiger partial charge in [-0.2, -0.15) is 0 Å². The van der Waals surface area contributed by atoms with Crippen molar-refractivity contribution in [3.8, 4) is 0 Å². The topological polar surface area (TPSA) is 91.0 Å². The lowest BCUT2D eigenvalue weighted by molar-refractivity contribution is -0.134. The molecular weight excluding hydrogens is 487 g/mol. The van der Waals surface area contributed by atoms with Gasteiger partial charge in [-0.25, -0.2) is 9.18 Å². The van der Waals surface area contributed by atoms with Crippen LogP contribution in [0.15, 0.2) is 18.2 Å². The molecule has 38 heavy (non-hydrogen) atoms. The van der Waals surface area contributed by atoms with E-state index in [0.29, 0.717) is 29.6 Å². The first-order valence-corrected chi connectivity index (χ1v) is 14.1. The number of imide groups is 1. The monoisotopic (exact) mass is 530 g/mol. The van der Waals surface area contributed by atoms with Gasteiger partial charge < -0.3 is 19.9 Å². The number of halogens is 1. The van der Waals surface area contributed by atoms with E-state index in [9.17, 15) is 14.4 Å². The number of nitrogens with zero attached hydrogens (tertiary/aromatic N) is 2. The van der Waals surface area contributed by atoms with E-state index in [1.165, 1.54) is 6.07 Å². The van der Waals surface area contributed by atoms with Crippen molar-refractivity contribution < 1.29 is 23.5 Å². The van der Waals surface area contributed by atoms with Gasteiger partial charge in [0, 0.05) is 38.1 Å². The first kappa shape index (κ1) is 28.3. The molecule has 2 aliphatic heterocycles. The molecule has 1 aromatic carbocycles. The lowest BCUT2D eigenvalue weighted by Crippen LogP contribution is -2.46. The zero-order valence-corrected chi connectivity index (χ0v) is 23.2. The second-order valence-corrected chi connectivity index (χ2v) is 12.2. The van der Waals surface area contributed by atoms with Gasteiger partial charge in [-0.05, 0) is 96.4 Å². The van der Waals surface area contributed by atoms with Crippen molar-refractivity contribution in [1.29, 1.82) is 0 Å². The number of piperidine rings is 2. The lowest BCUT2D eigenvalue weighted by Gasteiger charge is -2.39. The van der Waals surface area contributed by atoms with Gasteiger partial charge in [-0.15, -0.1) is 0 Å². The molecule has 210 valence electrons. The number of carbonyl (C=O) groups excluding carboxylic acids is 3. The van der Waals surface area contributed by atoms with Gasteiger partial charge >= 0.3 is 6.09 Å². The molecule has 3 fully saturated rings. The molecule has 0 spiro atoms. The van der Waals surface area contributed by atoms with Crippen LogP contribution in [0.3, 0.4) is 0 Å². The van der Waals surface area contributed by atoms with Crippen LogP contribution in [0.4, 0.5) is 14.9 Å². The molecule has 1 aromatic rings. The summed E-state index contributed by atoms with van der Waals surface area (Å²) in [5, 5.41) is 5.37. The van der Waals surface area contributed by atoms with Gasteiger partial charge in [-0.3, -0.25) is 14.9 Å². The predicted molar refractivity (Wildman–Crippen MR) is 145 cm³/mol. The van der Waals surface area contributed by atoms with Crippen LogP contribution in [0.5, 0.6) is 0 Å². The van der Waals surface area contributed by atoms with Crippen LogP contribution >= 0.6 is 0 Å². The number of benzene rings is 1. The highest BCUT2D eigenvalue weighted by Crippen LogP contribution is 2.32. The molecule has 2 saturated heterocycles. The molecule has 3 aliphatic rings. The van der Waals surface area contributed by atoms with Crippen molar-refractivity contribution in [2.75, 3.05) is 31.6 Å². The molecule has 3 amide bonds. The smallest absolute Gasteiger partial charge is 0.407 e. The number of nitrogens with one attached hydrogen (secondary N) is 2. The molecule has 8 nitrogen and oxygen atoms in total. The molecule has 2 heterocycles. The van der Waals surface area contributed by atoms with Crippen molar-refractivity contribution in [1.82, 2.24) is 15.5 Å². The maximum atomic E-state index is 15.1. The molecule has 0 radical (unpaired) electrons. The molecule has 2 N–H and O–H groups in total. The van der Waals surface area contributed by atoms with E-state index >= 15 is 4.39 Å². The molecule has 1 saturated carbocycles. The largest absolute Gasteiger partial charge is 0.444 e. The lowest BCUT2D eigenvalue weighted by atomic mass is 9.88. The minimum absolute atomic E-state index is 0.175. The second kappa shape index (κ2) is 12.0. The van der Waals surface area contributed by atoms with Crippen LogP contribution in [0.25, 0.3) is 0 Å². The van der Waals surface area contributed by atoms with E-state index in [-0.39, 0.29) is 36.2 Å². The Morgan fingerprint density at radius 3 is 2.39 bits per heavy atom. The average molecular weight is 531 g/mol. The maximum absolute atomic E-state index is 15.1. The Balaban J connectivity index is 1.21. The van der Waals surface area contributed by atoms with E-state index in [1.54, 1.807) is 6.07 Å². The predicted octanol–water partition coefficient (Wildman–Crippen LogP) is 4.33. The van der Waals surface area contributed by atoms with Crippen LogP contribution < -0.4 is 15.5 Å². The summed E-state index contributed by atoms with van der Waals surface area (Å²) >= 11 is 0. The fraction of sp³-hybridized carbons (Fsp3) is 0.690. The number of hydrogen-bond acceptors (Lipinski definition) is 6. The maximum Gasteiger partial charge on any atom is 0.407 e. The fourth-order valence-electron chi connectivity index (χ4n) is 6.06. The summed E-state index contributed by atoms with van der Waals surface area (Å²) in [5.41, 5.74) is 0.731.